The minimum Gasteiger partial charge on any atom is -0.268 e. The van der Waals surface area contributed by atoms with Crippen LogP contribution in [0, 0.1) is 6.92 Å². The maximum atomic E-state index is 12.7. The van der Waals surface area contributed by atoms with Crippen LogP contribution in [0.4, 0.5) is 13.2 Å². The third-order valence-corrected chi connectivity index (χ3v) is 3.08. The van der Waals surface area contributed by atoms with E-state index >= 15 is 0 Å². The molecule has 106 valence electrons. The first-order valence-corrected chi connectivity index (χ1v) is 5.96. The Hall–Kier alpha value is -1.23. The third-order valence-electron chi connectivity index (χ3n) is 2.42. The van der Waals surface area contributed by atoms with Crippen LogP contribution < -0.4 is 0 Å². The van der Waals surface area contributed by atoms with Crippen molar-refractivity contribution in [2.45, 2.75) is 39.4 Å². The Morgan fingerprint density at radius 3 is 2.11 bits per heavy atom. The lowest BCUT2D eigenvalue weighted by molar-refractivity contribution is -0.137. The number of alkyl halides is 3. The van der Waals surface area contributed by atoms with Crippen molar-refractivity contribution < 1.29 is 18.0 Å². The quantitative estimate of drug-likeness (QED) is 0.702. The summed E-state index contributed by atoms with van der Waals surface area (Å²) in [6, 6.07) is 3.20. The Balaban J connectivity index is 3.22. The molecule has 0 fully saturated rings. The zero-order chi connectivity index (χ0) is 15.0. The van der Waals surface area contributed by atoms with Crippen LogP contribution in [-0.2, 0) is 6.18 Å². The van der Waals surface area contributed by atoms with Crippen LogP contribution in [0.1, 0.15) is 42.3 Å². The summed E-state index contributed by atoms with van der Waals surface area (Å²) in [5, 5.41) is 0. The molecule has 1 rings (SSSR count). The van der Waals surface area contributed by atoms with Gasteiger partial charge in [-0.05, 0) is 51.5 Å². The lowest BCUT2D eigenvalue weighted by Crippen LogP contribution is -2.38. The minimum absolute atomic E-state index is 0.0720. The highest BCUT2D eigenvalue weighted by Gasteiger charge is 2.33. The summed E-state index contributed by atoms with van der Waals surface area (Å²) in [7, 11) is 0. The van der Waals surface area contributed by atoms with Crippen LogP contribution in [0.3, 0.4) is 0 Å². The van der Waals surface area contributed by atoms with Crippen LogP contribution in [-0.4, -0.2) is 15.9 Å². The van der Waals surface area contributed by atoms with Gasteiger partial charge in [-0.2, -0.15) is 13.2 Å². The number of nitrogens with zero attached hydrogens (tertiary/aromatic N) is 1. The Bertz CT molecular complexity index is 492. The van der Waals surface area contributed by atoms with Crippen LogP contribution in [0.2, 0.25) is 0 Å². The highest BCUT2D eigenvalue weighted by atomic mass is 35.5. The standard InChI is InChI=1S/C13H15ClF3NO/c1-8-5-9(7-10(6-8)13(15,16)17)11(19)18(14)12(2,3)4/h5-7H,1-4H3. The predicted molar refractivity (Wildman–Crippen MR) is 68.0 cm³/mol. The summed E-state index contributed by atoms with van der Waals surface area (Å²) >= 11 is 5.86. The highest BCUT2D eigenvalue weighted by Crippen LogP contribution is 2.31. The maximum absolute atomic E-state index is 12.7. The second-order valence-electron chi connectivity index (χ2n) is 5.34. The van der Waals surface area contributed by atoms with Gasteiger partial charge in [0.15, 0.2) is 0 Å². The van der Waals surface area contributed by atoms with Crippen molar-refractivity contribution in [3.63, 3.8) is 0 Å². The molecule has 1 aromatic rings. The SMILES string of the molecule is Cc1cc(C(=O)N(Cl)C(C)(C)C)cc(C(F)(F)F)c1. The molecule has 0 saturated heterocycles. The largest absolute Gasteiger partial charge is 0.416 e. The normalized spacial score (nSPS) is 12.4. The topological polar surface area (TPSA) is 20.3 Å². The molecule has 1 amide bonds. The van der Waals surface area contributed by atoms with Crippen molar-refractivity contribution in [1.29, 1.82) is 0 Å². The zero-order valence-corrected chi connectivity index (χ0v) is 11.9. The average Bonchev–Trinajstić information content (AvgIpc) is 2.23. The van der Waals surface area contributed by atoms with Crippen molar-refractivity contribution in [1.82, 2.24) is 4.42 Å². The lowest BCUT2D eigenvalue weighted by atomic mass is 10.0. The molecule has 0 aliphatic rings. The van der Waals surface area contributed by atoms with Crippen molar-refractivity contribution in [3.05, 3.63) is 34.9 Å². The van der Waals surface area contributed by atoms with Gasteiger partial charge >= 0.3 is 6.18 Å². The van der Waals surface area contributed by atoms with Crippen LogP contribution in [0.5, 0.6) is 0 Å². The van der Waals surface area contributed by atoms with Gasteiger partial charge in [-0.1, -0.05) is 0 Å². The average molecular weight is 294 g/mol. The monoisotopic (exact) mass is 293 g/mol. The van der Waals surface area contributed by atoms with E-state index in [4.69, 9.17) is 11.8 Å². The number of halogens is 4. The first kappa shape index (κ1) is 15.8. The van der Waals surface area contributed by atoms with Crippen LogP contribution >= 0.6 is 11.8 Å². The Labute approximate surface area is 115 Å². The fraction of sp³-hybridized carbons (Fsp3) is 0.462. The van der Waals surface area contributed by atoms with Crippen LogP contribution in [0.25, 0.3) is 0 Å². The molecule has 0 radical (unpaired) electrons. The van der Waals surface area contributed by atoms with E-state index in [1.165, 1.54) is 13.0 Å². The third kappa shape index (κ3) is 3.86. The second kappa shape index (κ2) is 5.04. The lowest BCUT2D eigenvalue weighted by Gasteiger charge is -2.28. The number of aryl methyl sites for hydroxylation is 1. The Morgan fingerprint density at radius 1 is 1.16 bits per heavy atom. The Morgan fingerprint density at radius 2 is 1.68 bits per heavy atom. The van der Waals surface area contributed by atoms with E-state index in [9.17, 15) is 18.0 Å². The Kier molecular flexibility index (Phi) is 4.20. The van der Waals surface area contributed by atoms with Crippen molar-refractivity contribution in [2.24, 2.45) is 0 Å². The molecule has 6 heteroatoms. The summed E-state index contributed by atoms with van der Waals surface area (Å²) in [6.45, 7) is 6.58. The van der Waals surface area contributed by atoms with Gasteiger partial charge in [-0.25, -0.2) is 4.42 Å². The molecule has 0 spiro atoms. The van der Waals surface area contributed by atoms with Gasteiger partial charge in [-0.3, -0.25) is 4.79 Å². The first-order chi connectivity index (χ1) is 8.43. The van der Waals surface area contributed by atoms with E-state index in [1.54, 1.807) is 20.8 Å². The van der Waals surface area contributed by atoms with E-state index in [1.807, 2.05) is 0 Å². The fourth-order valence-electron chi connectivity index (χ4n) is 1.49. The first-order valence-electron chi connectivity index (χ1n) is 5.62. The van der Waals surface area contributed by atoms with Crippen molar-refractivity contribution in [3.8, 4) is 0 Å². The number of carbonyl (C=O) groups is 1. The summed E-state index contributed by atoms with van der Waals surface area (Å²) in [4.78, 5) is 12.0. The van der Waals surface area contributed by atoms with Gasteiger partial charge in [0, 0.05) is 17.3 Å². The number of rotatable bonds is 1. The van der Waals surface area contributed by atoms with Gasteiger partial charge < -0.3 is 0 Å². The van der Waals surface area contributed by atoms with E-state index in [0.717, 1.165) is 16.6 Å². The van der Waals surface area contributed by atoms with E-state index < -0.39 is 23.2 Å². The predicted octanol–water partition coefficient (Wildman–Crippen LogP) is 4.41. The molecule has 0 aliphatic carbocycles. The van der Waals surface area contributed by atoms with E-state index in [0.29, 0.717) is 5.56 Å². The van der Waals surface area contributed by atoms with Gasteiger partial charge in [0.2, 0.25) is 0 Å². The van der Waals surface area contributed by atoms with E-state index in [2.05, 4.69) is 0 Å². The van der Waals surface area contributed by atoms with Crippen LogP contribution in [0.15, 0.2) is 18.2 Å². The van der Waals surface area contributed by atoms with Crippen molar-refractivity contribution >= 4 is 17.7 Å². The molecule has 0 aromatic heterocycles. The number of carbonyl (C=O) groups excluding carboxylic acids is 1. The maximum Gasteiger partial charge on any atom is 0.416 e. The van der Waals surface area contributed by atoms with Gasteiger partial charge in [0.05, 0.1) is 11.1 Å². The van der Waals surface area contributed by atoms with Gasteiger partial charge in [0.1, 0.15) is 0 Å². The molecule has 0 N–H and O–H groups in total. The number of hydrogen-bond donors (Lipinski definition) is 0. The van der Waals surface area contributed by atoms with E-state index in [-0.39, 0.29) is 5.56 Å². The summed E-state index contributed by atoms with van der Waals surface area (Å²) in [5.41, 5.74) is -1.25. The molecule has 0 heterocycles. The molecule has 0 aliphatic heterocycles. The van der Waals surface area contributed by atoms with Crippen molar-refractivity contribution in [2.75, 3.05) is 0 Å². The molecule has 0 atom stereocenters. The summed E-state index contributed by atoms with van der Waals surface area (Å²) in [5.74, 6) is -0.650. The molecular weight excluding hydrogens is 279 g/mol. The smallest absolute Gasteiger partial charge is 0.268 e. The number of benzene rings is 1. The number of hydrogen-bond acceptors (Lipinski definition) is 1. The molecular formula is C13H15ClF3NO. The highest BCUT2D eigenvalue weighted by molar-refractivity contribution is 6.24. The molecule has 1 aromatic carbocycles. The summed E-state index contributed by atoms with van der Waals surface area (Å²) < 4.78 is 39.0. The molecule has 0 saturated carbocycles. The van der Waals surface area contributed by atoms with Gasteiger partial charge in [-0.15, -0.1) is 0 Å². The minimum atomic E-state index is -4.49. The molecule has 2 nitrogen and oxygen atoms in total. The zero-order valence-electron chi connectivity index (χ0n) is 11.1. The second-order valence-corrected chi connectivity index (χ2v) is 5.68. The summed E-state index contributed by atoms with van der Waals surface area (Å²) in [6.07, 6.45) is -4.49. The number of amides is 1. The van der Waals surface area contributed by atoms with Gasteiger partial charge in [0.25, 0.3) is 5.91 Å². The fourth-order valence-corrected chi connectivity index (χ4v) is 1.59. The molecule has 19 heavy (non-hydrogen) atoms. The molecule has 0 bridgehead atoms. The molecule has 0 unspecified atom stereocenters.